The second-order valence-electron chi connectivity index (χ2n) is 4.67. The highest BCUT2D eigenvalue weighted by Gasteiger charge is 2.32. The Labute approximate surface area is 139 Å². The van der Waals surface area contributed by atoms with Gasteiger partial charge >= 0.3 is 18.1 Å². The minimum absolute atomic E-state index is 0.0000913. The number of nitrogens with one attached hydrogen (secondary N) is 1. The minimum atomic E-state index is -4.60. The van der Waals surface area contributed by atoms with Gasteiger partial charge in [0, 0.05) is 5.56 Å². The Morgan fingerprint density at radius 1 is 1.29 bits per heavy atom. The monoisotopic (exact) mass is 361 g/mol. The molecule has 0 fully saturated rings. The predicted octanol–water partition coefficient (Wildman–Crippen LogP) is 4.23. The van der Waals surface area contributed by atoms with Crippen molar-refractivity contribution >= 4 is 23.5 Å². The SMILES string of the molecule is CCOC(=O)c1[nH]c(C(=O)O)c(Cl)c1-c1cccc(C(F)(F)F)c1. The van der Waals surface area contributed by atoms with Crippen LogP contribution in [0, 0.1) is 0 Å². The topological polar surface area (TPSA) is 79.4 Å². The number of benzene rings is 1. The maximum Gasteiger partial charge on any atom is 0.416 e. The molecule has 24 heavy (non-hydrogen) atoms. The van der Waals surface area contributed by atoms with E-state index in [9.17, 15) is 22.8 Å². The fraction of sp³-hybridized carbons (Fsp3) is 0.200. The first kappa shape index (κ1) is 17.9. The van der Waals surface area contributed by atoms with Crippen LogP contribution in [0.4, 0.5) is 13.2 Å². The normalized spacial score (nSPS) is 11.4. The van der Waals surface area contributed by atoms with Gasteiger partial charge in [0.2, 0.25) is 0 Å². The van der Waals surface area contributed by atoms with E-state index >= 15 is 0 Å². The highest BCUT2D eigenvalue weighted by molar-refractivity contribution is 6.37. The number of hydrogen-bond donors (Lipinski definition) is 2. The number of aromatic nitrogens is 1. The van der Waals surface area contributed by atoms with E-state index in [1.54, 1.807) is 0 Å². The average Bonchev–Trinajstić information content (AvgIpc) is 2.84. The number of carbonyl (C=O) groups is 2. The Bertz CT molecular complexity index is 799. The number of hydrogen-bond acceptors (Lipinski definition) is 3. The lowest BCUT2D eigenvalue weighted by molar-refractivity contribution is -0.137. The van der Waals surface area contributed by atoms with E-state index in [0.717, 1.165) is 18.2 Å². The van der Waals surface area contributed by atoms with Crippen molar-refractivity contribution in [2.75, 3.05) is 6.61 Å². The Morgan fingerprint density at radius 3 is 2.50 bits per heavy atom. The average molecular weight is 362 g/mol. The zero-order valence-electron chi connectivity index (χ0n) is 12.2. The van der Waals surface area contributed by atoms with Crippen molar-refractivity contribution < 1.29 is 32.6 Å². The van der Waals surface area contributed by atoms with E-state index in [4.69, 9.17) is 21.4 Å². The number of carbonyl (C=O) groups excluding carboxylic acids is 1. The lowest BCUT2D eigenvalue weighted by Crippen LogP contribution is -2.08. The number of H-pyrrole nitrogens is 1. The van der Waals surface area contributed by atoms with Crippen LogP contribution in [0.5, 0.6) is 0 Å². The zero-order chi connectivity index (χ0) is 18.1. The van der Waals surface area contributed by atoms with Crippen LogP contribution in [-0.2, 0) is 10.9 Å². The van der Waals surface area contributed by atoms with E-state index in [-0.39, 0.29) is 28.5 Å². The van der Waals surface area contributed by atoms with Gasteiger partial charge in [0.05, 0.1) is 17.2 Å². The van der Waals surface area contributed by atoms with Gasteiger partial charge in [-0.1, -0.05) is 23.7 Å². The molecule has 1 aromatic carbocycles. The largest absolute Gasteiger partial charge is 0.477 e. The van der Waals surface area contributed by atoms with E-state index < -0.39 is 29.4 Å². The summed E-state index contributed by atoms with van der Waals surface area (Å²) in [5.74, 6) is -2.37. The molecule has 0 saturated heterocycles. The van der Waals surface area contributed by atoms with Crippen molar-refractivity contribution in [2.24, 2.45) is 0 Å². The van der Waals surface area contributed by atoms with Crippen LogP contribution in [0.15, 0.2) is 24.3 Å². The molecule has 0 bridgehead atoms. The van der Waals surface area contributed by atoms with Crippen LogP contribution in [-0.4, -0.2) is 28.6 Å². The molecular formula is C15H11ClF3NO4. The van der Waals surface area contributed by atoms with E-state index in [1.165, 1.54) is 13.0 Å². The number of halogens is 4. The standard InChI is InChI=1S/C15H11ClF3NO4/c1-2-24-14(23)11-9(10(16)12(20-11)13(21)22)7-4-3-5-8(6-7)15(17,18)19/h3-6,20H,2H2,1H3,(H,21,22). The van der Waals surface area contributed by atoms with Crippen molar-refractivity contribution in [3.05, 3.63) is 46.2 Å². The third kappa shape index (κ3) is 3.38. The van der Waals surface area contributed by atoms with Crippen molar-refractivity contribution in [3.8, 4) is 11.1 Å². The molecule has 2 rings (SSSR count). The lowest BCUT2D eigenvalue weighted by Gasteiger charge is -2.09. The van der Waals surface area contributed by atoms with Crippen molar-refractivity contribution in [1.82, 2.24) is 4.98 Å². The lowest BCUT2D eigenvalue weighted by atomic mass is 10.0. The highest BCUT2D eigenvalue weighted by Crippen LogP contribution is 2.38. The molecule has 9 heteroatoms. The van der Waals surface area contributed by atoms with Crippen LogP contribution in [0.25, 0.3) is 11.1 Å². The highest BCUT2D eigenvalue weighted by atomic mass is 35.5. The van der Waals surface area contributed by atoms with Crippen LogP contribution in [0.1, 0.15) is 33.5 Å². The molecular weight excluding hydrogens is 351 g/mol. The fourth-order valence-corrected chi connectivity index (χ4v) is 2.43. The van der Waals surface area contributed by atoms with Gasteiger partial charge in [-0.3, -0.25) is 0 Å². The van der Waals surface area contributed by atoms with Crippen molar-refractivity contribution in [3.63, 3.8) is 0 Å². The minimum Gasteiger partial charge on any atom is -0.477 e. The third-order valence-electron chi connectivity index (χ3n) is 3.11. The Kier molecular flexibility index (Phi) is 4.88. The molecule has 0 spiro atoms. The summed E-state index contributed by atoms with van der Waals surface area (Å²) in [6, 6.07) is 4.06. The second kappa shape index (κ2) is 6.56. The molecule has 0 amide bonds. The second-order valence-corrected chi connectivity index (χ2v) is 5.05. The zero-order valence-corrected chi connectivity index (χ0v) is 13.0. The summed E-state index contributed by atoms with van der Waals surface area (Å²) < 4.78 is 43.4. The van der Waals surface area contributed by atoms with Gasteiger partial charge in [0.1, 0.15) is 11.4 Å². The van der Waals surface area contributed by atoms with Crippen LogP contribution < -0.4 is 0 Å². The number of ether oxygens (including phenoxy) is 1. The summed E-state index contributed by atoms with van der Waals surface area (Å²) >= 11 is 5.97. The maximum absolute atomic E-state index is 12.9. The van der Waals surface area contributed by atoms with Crippen LogP contribution in [0.2, 0.25) is 5.02 Å². The molecule has 0 aliphatic heterocycles. The number of esters is 1. The molecule has 128 valence electrons. The molecule has 2 aromatic rings. The molecule has 2 N–H and O–H groups in total. The van der Waals surface area contributed by atoms with Gasteiger partial charge in [-0.15, -0.1) is 0 Å². The molecule has 1 aromatic heterocycles. The fourth-order valence-electron chi connectivity index (χ4n) is 2.10. The maximum atomic E-state index is 12.9. The number of alkyl halides is 3. The summed E-state index contributed by atoms with van der Waals surface area (Å²) in [6.07, 6.45) is -4.60. The molecule has 0 unspecified atom stereocenters. The predicted molar refractivity (Wildman–Crippen MR) is 79.2 cm³/mol. The number of carboxylic acids is 1. The van der Waals surface area contributed by atoms with E-state index in [2.05, 4.69) is 4.98 Å². The Balaban J connectivity index is 2.69. The number of aromatic amines is 1. The molecule has 0 saturated carbocycles. The smallest absolute Gasteiger partial charge is 0.416 e. The van der Waals surface area contributed by atoms with Crippen molar-refractivity contribution in [1.29, 1.82) is 0 Å². The summed E-state index contributed by atoms with van der Waals surface area (Å²) in [5.41, 5.74) is -1.99. The summed E-state index contributed by atoms with van der Waals surface area (Å²) in [4.78, 5) is 25.5. The number of aromatic carboxylic acids is 1. The summed E-state index contributed by atoms with van der Waals surface area (Å²) in [5, 5.41) is 8.73. The summed E-state index contributed by atoms with van der Waals surface area (Å²) in [7, 11) is 0. The quantitative estimate of drug-likeness (QED) is 0.799. The number of carboxylic acid groups (broad SMARTS) is 1. The van der Waals surface area contributed by atoms with Crippen LogP contribution in [0.3, 0.4) is 0 Å². The van der Waals surface area contributed by atoms with Crippen LogP contribution >= 0.6 is 11.6 Å². The molecule has 0 atom stereocenters. The van der Waals surface area contributed by atoms with Gasteiger partial charge < -0.3 is 14.8 Å². The summed E-state index contributed by atoms with van der Waals surface area (Å²) in [6.45, 7) is 1.53. The molecule has 5 nitrogen and oxygen atoms in total. The Morgan fingerprint density at radius 2 is 1.96 bits per heavy atom. The Hall–Kier alpha value is -2.48. The molecule has 0 aliphatic rings. The van der Waals surface area contributed by atoms with Gasteiger partial charge in [-0.2, -0.15) is 13.2 Å². The third-order valence-corrected chi connectivity index (χ3v) is 3.49. The molecule has 0 aliphatic carbocycles. The van der Waals surface area contributed by atoms with E-state index in [0.29, 0.717) is 0 Å². The van der Waals surface area contributed by atoms with Gasteiger partial charge in [-0.05, 0) is 24.6 Å². The first-order chi connectivity index (χ1) is 11.2. The number of rotatable bonds is 4. The van der Waals surface area contributed by atoms with Gasteiger partial charge in [0.25, 0.3) is 0 Å². The van der Waals surface area contributed by atoms with Gasteiger partial charge in [-0.25, -0.2) is 9.59 Å². The first-order valence-electron chi connectivity index (χ1n) is 6.66. The molecule has 1 heterocycles. The molecule has 0 radical (unpaired) electrons. The first-order valence-corrected chi connectivity index (χ1v) is 7.04. The van der Waals surface area contributed by atoms with E-state index in [1.807, 2.05) is 0 Å². The van der Waals surface area contributed by atoms with Crippen molar-refractivity contribution in [2.45, 2.75) is 13.1 Å². The van der Waals surface area contributed by atoms with Gasteiger partial charge in [0.15, 0.2) is 0 Å².